The Morgan fingerprint density at radius 3 is 2.68 bits per heavy atom. The quantitative estimate of drug-likeness (QED) is 0.796. The Bertz CT molecular complexity index is 500. The van der Waals surface area contributed by atoms with E-state index in [0.29, 0.717) is 11.8 Å². The number of carbonyl (C=O) groups is 1. The maximum atomic E-state index is 12.8. The molecule has 0 saturated carbocycles. The average molecular weight is 262 g/mol. The van der Waals surface area contributed by atoms with Crippen LogP contribution in [0.15, 0.2) is 0 Å². The van der Waals surface area contributed by atoms with Crippen molar-refractivity contribution in [1.82, 2.24) is 20.4 Å². The molecule has 0 radical (unpaired) electrons. The van der Waals surface area contributed by atoms with Gasteiger partial charge in [0.2, 0.25) is 0 Å². The van der Waals surface area contributed by atoms with E-state index in [1.54, 1.807) is 0 Å². The highest BCUT2D eigenvalue weighted by Crippen LogP contribution is 2.41. The molecule has 3 heterocycles. The number of nitrogens with one attached hydrogen (secondary N) is 2. The first kappa shape index (κ1) is 12.7. The molecule has 2 N–H and O–H groups in total. The maximum Gasteiger partial charge on any atom is 0.258 e. The van der Waals surface area contributed by atoms with Crippen LogP contribution in [-0.4, -0.2) is 46.2 Å². The van der Waals surface area contributed by atoms with Crippen molar-refractivity contribution in [3.8, 4) is 0 Å². The first-order valence-electron chi connectivity index (χ1n) is 6.97. The lowest BCUT2D eigenvalue weighted by Gasteiger charge is -2.35. The molecule has 3 rings (SSSR count). The monoisotopic (exact) mass is 262 g/mol. The van der Waals surface area contributed by atoms with Crippen molar-refractivity contribution < 1.29 is 4.79 Å². The van der Waals surface area contributed by atoms with Crippen LogP contribution in [0.3, 0.4) is 0 Å². The van der Waals surface area contributed by atoms with Crippen molar-refractivity contribution in [3.63, 3.8) is 0 Å². The summed E-state index contributed by atoms with van der Waals surface area (Å²) >= 11 is 0. The molecule has 0 spiro atoms. The molecular weight excluding hydrogens is 240 g/mol. The van der Waals surface area contributed by atoms with Gasteiger partial charge in [-0.05, 0) is 39.5 Å². The van der Waals surface area contributed by atoms with Crippen LogP contribution < -0.4 is 5.32 Å². The van der Waals surface area contributed by atoms with Gasteiger partial charge in [-0.25, -0.2) is 0 Å². The van der Waals surface area contributed by atoms with Crippen LogP contribution in [0.2, 0.25) is 0 Å². The maximum absolute atomic E-state index is 12.8. The van der Waals surface area contributed by atoms with Crippen molar-refractivity contribution in [3.05, 3.63) is 17.0 Å². The lowest BCUT2D eigenvalue weighted by atomic mass is 9.84. The van der Waals surface area contributed by atoms with Crippen LogP contribution in [-0.2, 0) is 0 Å². The van der Waals surface area contributed by atoms with E-state index in [2.05, 4.69) is 29.4 Å². The van der Waals surface area contributed by atoms with Crippen LogP contribution in [0.4, 0.5) is 0 Å². The number of rotatable bonds is 1. The van der Waals surface area contributed by atoms with E-state index in [1.165, 1.54) is 0 Å². The number of aryl methyl sites for hydroxylation is 2. The summed E-state index contributed by atoms with van der Waals surface area (Å²) in [7, 11) is 0. The van der Waals surface area contributed by atoms with Gasteiger partial charge in [-0.2, -0.15) is 5.10 Å². The molecule has 2 fully saturated rings. The SMILES string of the molecule is Cc1n[nH]c(C)c1C(=O)N1CC2CNCC2C1(C)C. The molecule has 2 unspecified atom stereocenters. The average Bonchev–Trinajstić information content (AvgIpc) is 2.97. The van der Waals surface area contributed by atoms with Crippen molar-refractivity contribution in [2.75, 3.05) is 19.6 Å². The molecular formula is C14H22N4O. The lowest BCUT2D eigenvalue weighted by molar-refractivity contribution is 0.0602. The van der Waals surface area contributed by atoms with E-state index in [1.807, 2.05) is 18.7 Å². The van der Waals surface area contributed by atoms with Gasteiger partial charge in [-0.15, -0.1) is 0 Å². The highest BCUT2D eigenvalue weighted by molar-refractivity contribution is 5.97. The van der Waals surface area contributed by atoms with E-state index in [-0.39, 0.29) is 11.4 Å². The van der Waals surface area contributed by atoms with Crippen LogP contribution in [0, 0.1) is 25.7 Å². The second-order valence-corrected chi connectivity index (χ2v) is 6.40. The largest absolute Gasteiger partial charge is 0.333 e. The smallest absolute Gasteiger partial charge is 0.258 e. The molecule has 2 saturated heterocycles. The molecule has 0 aliphatic carbocycles. The normalized spacial score (nSPS) is 28.7. The van der Waals surface area contributed by atoms with Crippen molar-refractivity contribution in [2.24, 2.45) is 11.8 Å². The van der Waals surface area contributed by atoms with E-state index >= 15 is 0 Å². The fourth-order valence-electron chi connectivity index (χ4n) is 3.77. The predicted molar refractivity (Wildman–Crippen MR) is 73.0 cm³/mol. The molecule has 1 aromatic heterocycles. The summed E-state index contributed by atoms with van der Waals surface area (Å²) < 4.78 is 0. The number of aromatic nitrogens is 2. The summed E-state index contributed by atoms with van der Waals surface area (Å²) in [5, 5.41) is 10.5. The molecule has 2 atom stereocenters. The molecule has 0 bridgehead atoms. The number of aromatic amines is 1. The highest BCUT2D eigenvalue weighted by Gasteiger charge is 2.51. The Morgan fingerprint density at radius 2 is 2.11 bits per heavy atom. The second kappa shape index (κ2) is 4.07. The molecule has 2 aliphatic heterocycles. The summed E-state index contributed by atoms with van der Waals surface area (Å²) in [6.45, 7) is 11.1. The number of nitrogens with zero attached hydrogens (tertiary/aromatic N) is 2. The number of carbonyl (C=O) groups excluding carboxylic acids is 1. The zero-order valence-corrected chi connectivity index (χ0v) is 12.1. The lowest BCUT2D eigenvalue weighted by Crippen LogP contribution is -2.47. The molecule has 0 aromatic carbocycles. The van der Waals surface area contributed by atoms with Gasteiger partial charge in [0.1, 0.15) is 0 Å². The number of H-pyrrole nitrogens is 1. The topological polar surface area (TPSA) is 61.0 Å². The molecule has 5 nitrogen and oxygen atoms in total. The minimum Gasteiger partial charge on any atom is -0.333 e. The Labute approximate surface area is 113 Å². The predicted octanol–water partition coefficient (Wildman–Crippen LogP) is 1.10. The Balaban J connectivity index is 1.93. The summed E-state index contributed by atoms with van der Waals surface area (Å²) in [6.07, 6.45) is 0. The highest BCUT2D eigenvalue weighted by atomic mass is 16.2. The van der Waals surface area contributed by atoms with E-state index in [0.717, 1.165) is 36.6 Å². The first-order valence-corrected chi connectivity index (χ1v) is 6.97. The van der Waals surface area contributed by atoms with Crippen molar-refractivity contribution in [1.29, 1.82) is 0 Å². The van der Waals surface area contributed by atoms with Crippen molar-refractivity contribution >= 4 is 5.91 Å². The summed E-state index contributed by atoms with van der Waals surface area (Å²) in [4.78, 5) is 14.9. The van der Waals surface area contributed by atoms with Crippen molar-refractivity contribution in [2.45, 2.75) is 33.2 Å². The molecule has 2 aliphatic rings. The molecule has 5 heteroatoms. The number of hydrogen-bond acceptors (Lipinski definition) is 3. The fourth-order valence-corrected chi connectivity index (χ4v) is 3.77. The molecule has 1 aromatic rings. The van der Waals surface area contributed by atoms with Gasteiger partial charge in [-0.1, -0.05) is 0 Å². The van der Waals surface area contributed by atoms with E-state index in [4.69, 9.17) is 0 Å². The Hall–Kier alpha value is -1.36. The number of hydrogen-bond donors (Lipinski definition) is 2. The molecule has 1 amide bonds. The summed E-state index contributed by atoms with van der Waals surface area (Å²) in [5.74, 6) is 1.28. The first-order chi connectivity index (χ1) is 8.93. The van der Waals surface area contributed by atoms with Gasteiger partial charge >= 0.3 is 0 Å². The van der Waals surface area contributed by atoms with Gasteiger partial charge in [-0.3, -0.25) is 9.89 Å². The van der Waals surface area contributed by atoms with Gasteiger partial charge in [0.25, 0.3) is 5.91 Å². The van der Waals surface area contributed by atoms with Gasteiger partial charge < -0.3 is 10.2 Å². The minimum absolute atomic E-state index is 0.0819. The van der Waals surface area contributed by atoms with Crippen LogP contribution in [0.1, 0.15) is 35.6 Å². The standard InChI is InChI=1S/C14H22N4O/c1-8-12(9(2)17-16-8)13(19)18-7-10-5-15-6-11(10)14(18,3)4/h10-11,15H,5-7H2,1-4H3,(H,16,17). The van der Waals surface area contributed by atoms with E-state index in [9.17, 15) is 4.79 Å². The van der Waals surface area contributed by atoms with Crippen LogP contribution >= 0.6 is 0 Å². The number of fused-ring (bicyclic) bond motifs is 1. The third-order valence-corrected chi connectivity index (χ3v) is 4.95. The zero-order valence-electron chi connectivity index (χ0n) is 12.1. The molecule has 104 valence electrons. The summed E-state index contributed by atoms with van der Waals surface area (Å²) in [6, 6.07) is 0. The summed E-state index contributed by atoms with van der Waals surface area (Å²) in [5.41, 5.74) is 2.34. The van der Waals surface area contributed by atoms with Crippen LogP contribution in [0.5, 0.6) is 0 Å². The van der Waals surface area contributed by atoms with Gasteiger partial charge in [0.05, 0.1) is 11.3 Å². The van der Waals surface area contributed by atoms with Crippen LogP contribution in [0.25, 0.3) is 0 Å². The number of likely N-dealkylation sites (tertiary alicyclic amines) is 1. The minimum atomic E-state index is -0.0819. The second-order valence-electron chi connectivity index (χ2n) is 6.40. The Kier molecular flexibility index (Phi) is 2.71. The van der Waals surface area contributed by atoms with Gasteiger partial charge in [0, 0.05) is 30.9 Å². The van der Waals surface area contributed by atoms with Gasteiger partial charge in [0.15, 0.2) is 0 Å². The number of amides is 1. The third kappa shape index (κ3) is 1.71. The molecule has 19 heavy (non-hydrogen) atoms. The fraction of sp³-hybridized carbons (Fsp3) is 0.714. The zero-order chi connectivity index (χ0) is 13.8. The Morgan fingerprint density at radius 1 is 1.37 bits per heavy atom. The third-order valence-electron chi connectivity index (χ3n) is 4.95. The van der Waals surface area contributed by atoms with E-state index < -0.39 is 0 Å².